The van der Waals surface area contributed by atoms with Crippen molar-refractivity contribution < 1.29 is 14.3 Å². The number of benzene rings is 2. The number of anilines is 1. The minimum Gasteiger partial charge on any atom is -0.494 e. The molecule has 7 nitrogen and oxygen atoms in total. The topological polar surface area (TPSA) is 73.1 Å². The van der Waals surface area contributed by atoms with Crippen LogP contribution in [0.3, 0.4) is 0 Å². The van der Waals surface area contributed by atoms with Gasteiger partial charge in [-0.25, -0.2) is 9.79 Å². The number of hydrogen-bond acceptors (Lipinski definition) is 7. The number of aromatic nitrogens is 1. The number of allylic oxidation sites excluding steroid dienone is 1. The summed E-state index contributed by atoms with van der Waals surface area (Å²) in [5, 5.41) is 0. The average Bonchev–Trinajstić information content (AvgIpc) is 3.13. The van der Waals surface area contributed by atoms with Crippen molar-refractivity contribution in [2.75, 3.05) is 32.2 Å². The maximum Gasteiger partial charge on any atom is 0.338 e. The summed E-state index contributed by atoms with van der Waals surface area (Å²) in [6, 6.07) is 12.7. The summed E-state index contributed by atoms with van der Waals surface area (Å²) >= 11 is 4.92. The van der Waals surface area contributed by atoms with E-state index in [2.05, 4.69) is 20.9 Å². The second-order valence-corrected chi connectivity index (χ2v) is 10.3. The molecule has 0 saturated carbocycles. The third kappa shape index (κ3) is 5.03. The van der Waals surface area contributed by atoms with E-state index in [0.717, 1.165) is 27.0 Å². The van der Waals surface area contributed by atoms with Gasteiger partial charge in [0.1, 0.15) is 5.75 Å². The highest BCUT2D eigenvalue weighted by molar-refractivity contribution is 9.10. The molecule has 0 amide bonds. The molecule has 36 heavy (non-hydrogen) atoms. The Morgan fingerprint density at radius 2 is 1.89 bits per heavy atom. The number of carbonyl (C=O) groups excluding carboxylic acids is 1. The van der Waals surface area contributed by atoms with Crippen molar-refractivity contribution in [3.05, 3.63) is 89.0 Å². The number of rotatable bonds is 7. The molecule has 0 saturated heterocycles. The minimum absolute atomic E-state index is 0.209. The van der Waals surface area contributed by atoms with Crippen molar-refractivity contribution in [1.29, 1.82) is 0 Å². The van der Waals surface area contributed by atoms with E-state index in [1.54, 1.807) is 18.4 Å². The van der Waals surface area contributed by atoms with Gasteiger partial charge in [-0.3, -0.25) is 9.36 Å². The van der Waals surface area contributed by atoms with Crippen LogP contribution in [-0.2, 0) is 9.53 Å². The largest absolute Gasteiger partial charge is 0.494 e. The van der Waals surface area contributed by atoms with Crippen LogP contribution in [0.1, 0.15) is 37.9 Å². The van der Waals surface area contributed by atoms with Gasteiger partial charge in [0.25, 0.3) is 5.56 Å². The van der Waals surface area contributed by atoms with Crippen LogP contribution in [0.5, 0.6) is 5.75 Å². The first-order chi connectivity index (χ1) is 17.2. The van der Waals surface area contributed by atoms with Crippen LogP contribution in [0.25, 0.3) is 6.08 Å². The molecule has 3 aromatic rings. The highest BCUT2D eigenvalue weighted by Crippen LogP contribution is 2.32. The standard InChI is InChI=1S/C27H28BrN3O4S/c1-6-34-19-11-9-18(10-12-19)24-23(26(33)35-7-2)16(3)29-27-31(24)25(32)22(36-27)15-17-8-13-21(30(4)5)20(28)14-17/h8-15,24H,6-7H2,1-5H3/b22-15-/t24-/m0/s1. The quantitative estimate of drug-likeness (QED) is 0.402. The van der Waals surface area contributed by atoms with E-state index in [1.807, 2.05) is 74.5 Å². The summed E-state index contributed by atoms with van der Waals surface area (Å²) in [6.07, 6.45) is 1.85. The molecule has 0 N–H and O–H groups in total. The lowest BCUT2D eigenvalue weighted by atomic mass is 9.96. The molecule has 1 atom stereocenters. The number of ether oxygens (including phenoxy) is 2. The number of carbonyl (C=O) groups is 1. The molecule has 188 valence electrons. The fourth-order valence-corrected chi connectivity index (χ4v) is 5.94. The van der Waals surface area contributed by atoms with Crippen LogP contribution >= 0.6 is 27.3 Å². The van der Waals surface area contributed by atoms with Crippen molar-refractivity contribution in [2.24, 2.45) is 4.99 Å². The van der Waals surface area contributed by atoms with Crippen LogP contribution in [-0.4, -0.2) is 37.8 Å². The first kappa shape index (κ1) is 25.9. The van der Waals surface area contributed by atoms with Gasteiger partial charge in [-0.2, -0.15) is 0 Å². The zero-order valence-electron chi connectivity index (χ0n) is 20.9. The van der Waals surface area contributed by atoms with Crippen LogP contribution in [0.15, 0.2) is 68.0 Å². The fraction of sp³-hybridized carbons (Fsp3) is 0.296. The van der Waals surface area contributed by atoms with Crippen molar-refractivity contribution in [3.8, 4) is 5.75 Å². The number of hydrogen-bond donors (Lipinski definition) is 0. The molecular weight excluding hydrogens is 542 g/mol. The van der Waals surface area contributed by atoms with Crippen LogP contribution in [0.4, 0.5) is 5.69 Å². The van der Waals surface area contributed by atoms with Gasteiger partial charge in [0, 0.05) is 18.6 Å². The van der Waals surface area contributed by atoms with E-state index in [-0.39, 0.29) is 12.2 Å². The first-order valence-corrected chi connectivity index (χ1v) is 13.2. The van der Waals surface area contributed by atoms with Crippen molar-refractivity contribution in [2.45, 2.75) is 26.8 Å². The van der Waals surface area contributed by atoms with E-state index in [1.165, 1.54) is 11.3 Å². The summed E-state index contributed by atoms with van der Waals surface area (Å²) in [5.41, 5.74) is 3.40. The zero-order chi connectivity index (χ0) is 26.0. The lowest BCUT2D eigenvalue weighted by Crippen LogP contribution is -2.39. The van der Waals surface area contributed by atoms with Gasteiger partial charge in [-0.05, 0) is 78.2 Å². The van der Waals surface area contributed by atoms with Gasteiger partial charge in [0.2, 0.25) is 0 Å². The van der Waals surface area contributed by atoms with Gasteiger partial charge in [-0.15, -0.1) is 0 Å². The monoisotopic (exact) mass is 569 g/mol. The maximum absolute atomic E-state index is 13.7. The van der Waals surface area contributed by atoms with Gasteiger partial charge in [0.05, 0.1) is 40.7 Å². The van der Waals surface area contributed by atoms with Crippen LogP contribution in [0.2, 0.25) is 0 Å². The molecular formula is C27H28BrN3O4S. The molecule has 0 spiro atoms. The molecule has 9 heteroatoms. The smallest absolute Gasteiger partial charge is 0.338 e. The molecule has 0 fully saturated rings. The van der Waals surface area contributed by atoms with E-state index in [4.69, 9.17) is 9.47 Å². The Bertz CT molecular complexity index is 1500. The fourth-order valence-electron chi connectivity index (χ4n) is 4.15. The van der Waals surface area contributed by atoms with Gasteiger partial charge < -0.3 is 14.4 Å². The van der Waals surface area contributed by atoms with Crippen LogP contribution in [0, 0.1) is 0 Å². The predicted octanol–water partition coefficient (Wildman–Crippen LogP) is 4.03. The number of thiazole rings is 1. The summed E-state index contributed by atoms with van der Waals surface area (Å²) in [7, 11) is 3.95. The minimum atomic E-state index is -0.652. The molecule has 1 aliphatic rings. The van der Waals surface area contributed by atoms with Gasteiger partial charge in [-0.1, -0.05) is 29.5 Å². The summed E-state index contributed by atoms with van der Waals surface area (Å²) in [4.78, 5) is 33.9. The Kier molecular flexibility index (Phi) is 7.80. The number of halogens is 1. The number of fused-ring (bicyclic) bond motifs is 1. The predicted molar refractivity (Wildman–Crippen MR) is 146 cm³/mol. The summed E-state index contributed by atoms with van der Waals surface area (Å²) in [6.45, 7) is 6.24. The Morgan fingerprint density at radius 1 is 1.17 bits per heavy atom. The second-order valence-electron chi connectivity index (χ2n) is 8.41. The molecule has 0 bridgehead atoms. The van der Waals surface area contributed by atoms with Crippen LogP contribution < -0.4 is 24.5 Å². The lowest BCUT2D eigenvalue weighted by Gasteiger charge is -2.24. The van der Waals surface area contributed by atoms with E-state index in [9.17, 15) is 9.59 Å². The maximum atomic E-state index is 13.7. The molecule has 1 aromatic heterocycles. The Hall–Kier alpha value is -3.17. The van der Waals surface area contributed by atoms with Crippen molar-refractivity contribution in [3.63, 3.8) is 0 Å². The molecule has 4 rings (SSSR count). The highest BCUT2D eigenvalue weighted by Gasteiger charge is 2.33. The van der Waals surface area contributed by atoms with E-state index < -0.39 is 12.0 Å². The first-order valence-electron chi connectivity index (χ1n) is 11.6. The molecule has 2 aromatic carbocycles. The normalized spacial score (nSPS) is 15.4. The average molecular weight is 571 g/mol. The molecule has 1 aliphatic heterocycles. The third-order valence-electron chi connectivity index (χ3n) is 5.78. The zero-order valence-corrected chi connectivity index (χ0v) is 23.3. The molecule has 2 heterocycles. The number of nitrogens with zero attached hydrogens (tertiary/aromatic N) is 3. The number of esters is 1. The van der Waals surface area contributed by atoms with Gasteiger partial charge in [0.15, 0.2) is 4.80 Å². The summed E-state index contributed by atoms with van der Waals surface area (Å²) in [5.74, 6) is 0.244. The lowest BCUT2D eigenvalue weighted by molar-refractivity contribution is -0.139. The van der Waals surface area contributed by atoms with Gasteiger partial charge >= 0.3 is 5.97 Å². The SMILES string of the molecule is CCOC(=O)C1=C(C)N=c2s/c(=C\c3ccc(N(C)C)c(Br)c3)c(=O)n2[C@H]1c1ccc(OCC)cc1. The second kappa shape index (κ2) is 10.8. The highest BCUT2D eigenvalue weighted by atomic mass is 79.9. The van der Waals surface area contributed by atoms with E-state index in [0.29, 0.717) is 27.2 Å². The van der Waals surface area contributed by atoms with Crippen molar-refractivity contribution >= 4 is 45.0 Å². The third-order valence-corrected chi connectivity index (χ3v) is 7.39. The Morgan fingerprint density at radius 3 is 2.50 bits per heavy atom. The van der Waals surface area contributed by atoms with E-state index >= 15 is 0 Å². The molecule has 0 unspecified atom stereocenters. The summed E-state index contributed by atoms with van der Waals surface area (Å²) < 4.78 is 14.0. The Labute approximate surface area is 222 Å². The molecule has 0 radical (unpaired) electrons. The Balaban J connectivity index is 1.89. The van der Waals surface area contributed by atoms with Crippen molar-refractivity contribution in [1.82, 2.24) is 4.57 Å². The molecule has 0 aliphatic carbocycles.